The van der Waals surface area contributed by atoms with Crippen LogP contribution in [0.4, 0.5) is 14.5 Å². The molecule has 0 saturated carbocycles. The molecule has 0 heterocycles. The SMILES string of the molecule is CC(=O)c1cccc(NC(=O)COC(=O)/C=C/c2ccc(OC(F)F)cc2)c1. The molecular weight excluding hydrogens is 372 g/mol. The van der Waals surface area contributed by atoms with Crippen LogP contribution in [0.15, 0.2) is 54.6 Å². The smallest absolute Gasteiger partial charge is 0.387 e. The van der Waals surface area contributed by atoms with Crippen LogP contribution in [0.5, 0.6) is 5.75 Å². The quantitative estimate of drug-likeness (QED) is 0.423. The van der Waals surface area contributed by atoms with E-state index in [1.807, 2.05) is 0 Å². The van der Waals surface area contributed by atoms with Gasteiger partial charge in [0, 0.05) is 17.3 Å². The Kier molecular flexibility index (Phi) is 7.38. The molecule has 0 spiro atoms. The molecule has 0 bridgehead atoms. The molecule has 0 aromatic heterocycles. The van der Waals surface area contributed by atoms with Gasteiger partial charge < -0.3 is 14.8 Å². The third-order valence-electron chi connectivity index (χ3n) is 3.42. The van der Waals surface area contributed by atoms with Gasteiger partial charge in [-0.15, -0.1) is 0 Å². The molecule has 0 aliphatic heterocycles. The summed E-state index contributed by atoms with van der Waals surface area (Å²) in [7, 11) is 0. The highest BCUT2D eigenvalue weighted by molar-refractivity contribution is 5.98. The van der Waals surface area contributed by atoms with Crippen LogP contribution < -0.4 is 10.1 Å². The Bertz CT molecular complexity index is 878. The van der Waals surface area contributed by atoms with Crippen molar-refractivity contribution in [1.29, 1.82) is 0 Å². The predicted molar refractivity (Wildman–Crippen MR) is 98.1 cm³/mol. The van der Waals surface area contributed by atoms with Crippen molar-refractivity contribution in [1.82, 2.24) is 0 Å². The van der Waals surface area contributed by atoms with Crippen molar-refractivity contribution in [2.24, 2.45) is 0 Å². The van der Waals surface area contributed by atoms with Gasteiger partial charge in [-0.3, -0.25) is 9.59 Å². The fraction of sp³-hybridized carbons (Fsp3) is 0.150. The molecule has 1 N–H and O–H groups in total. The normalized spacial score (nSPS) is 10.7. The Morgan fingerprint density at radius 1 is 1.11 bits per heavy atom. The van der Waals surface area contributed by atoms with E-state index in [2.05, 4.69) is 10.1 Å². The van der Waals surface area contributed by atoms with Gasteiger partial charge in [-0.2, -0.15) is 8.78 Å². The number of rotatable bonds is 8. The second-order valence-corrected chi connectivity index (χ2v) is 5.57. The molecule has 0 fully saturated rings. The van der Waals surface area contributed by atoms with Crippen molar-refractivity contribution in [2.45, 2.75) is 13.5 Å². The first-order chi connectivity index (χ1) is 13.3. The number of alkyl halides is 2. The van der Waals surface area contributed by atoms with Crippen LogP contribution in [0, 0.1) is 0 Å². The lowest BCUT2D eigenvalue weighted by atomic mass is 10.1. The zero-order valence-electron chi connectivity index (χ0n) is 14.9. The lowest BCUT2D eigenvalue weighted by Crippen LogP contribution is -2.20. The van der Waals surface area contributed by atoms with E-state index < -0.39 is 25.1 Å². The minimum absolute atomic E-state index is 0.000222. The molecule has 0 saturated heterocycles. The number of hydrogen-bond acceptors (Lipinski definition) is 5. The van der Waals surface area contributed by atoms with E-state index >= 15 is 0 Å². The van der Waals surface area contributed by atoms with Crippen molar-refractivity contribution in [2.75, 3.05) is 11.9 Å². The summed E-state index contributed by atoms with van der Waals surface area (Å²) in [5.74, 6) is -1.45. The number of nitrogens with one attached hydrogen (secondary N) is 1. The second-order valence-electron chi connectivity index (χ2n) is 5.57. The molecule has 2 rings (SSSR count). The van der Waals surface area contributed by atoms with Crippen LogP contribution in [-0.4, -0.2) is 30.9 Å². The maximum atomic E-state index is 12.1. The van der Waals surface area contributed by atoms with Crippen LogP contribution in [-0.2, 0) is 14.3 Å². The third kappa shape index (κ3) is 6.99. The minimum Gasteiger partial charge on any atom is -0.452 e. The highest BCUT2D eigenvalue weighted by Crippen LogP contribution is 2.15. The van der Waals surface area contributed by atoms with Gasteiger partial charge >= 0.3 is 12.6 Å². The maximum absolute atomic E-state index is 12.1. The van der Waals surface area contributed by atoms with E-state index in [0.717, 1.165) is 6.08 Å². The number of anilines is 1. The first kappa shape index (κ1) is 20.8. The summed E-state index contributed by atoms with van der Waals surface area (Å²) in [6.07, 6.45) is 2.51. The summed E-state index contributed by atoms with van der Waals surface area (Å²) < 4.78 is 33.2. The first-order valence-electron chi connectivity index (χ1n) is 8.14. The molecule has 6 nitrogen and oxygen atoms in total. The van der Waals surface area contributed by atoms with Gasteiger partial charge in [0.05, 0.1) is 0 Å². The van der Waals surface area contributed by atoms with Gasteiger partial charge in [-0.1, -0.05) is 24.3 Å². The van der Waals surface area contributed by atoms with Crippen molar-refractivity contribution in [3.8, 4) is 5.75 Å². The first-order valence-corrected chi connectivity index (χ1v) is 8.14. The van der Waals surface area contributed by atoms with Crippen LogP contribution in [0.25, 0.3) is 6.08 Å². The molecular formula is C20H17F2NO5. The number of hydrogen-bond donors (Lipinski definition) is 1. The van der Waals surface area contributed by atoms with E-state index in [0.29, 0.717) is 16.8 Å². The van der Waals surface area contributed by atoms with E-state index in [1.165, 1.54) is 43.3 Å². The molecule has 2 aromatic rings. The Labute approximate surface area is 159 Å². The number of halogens is 2. The highest BCUT2D eigenvalue weighted by Gasteiger charge is 2.07. The lowest BCUT2D eigenvalue weighted by molar-refractivity contribution is -0.142. The van der Waals surface area contributed by atoms with E-state index in [1.54, 1.807) is 18.2 Å². The number of benzene rings is 2. The predicted octanol–water partition coefficient (Wildman–Crippen LogP) is 3.69. The van der Waals surface area contributed by atoms with Gasteiger partial charge in [0.25, 0.3) is 5.91 Å². The maximum Gasteiger partial charge on any atom is 0.387 e. The Morgan fingerprint density at radius 2 is 1.82 bits per heavy atom. The molecule has 28 heavy (non-hydrogen) atoms. The Balaban J connectivity index is 1.81. The van der Waals surface area contributed by atoms with Crippen LogP contribution in [0.3, 0.4) is 0 Å². The average Bonchev–Trinajstić information content (AvgIpc) is 2.65. The van der Waals surface area contributed by atoms with E-state index in [-0.39, 0.29) is 11.5 Å². The standard InChI is InChI=1S/C20H17F2NO5/c1-13(24)15-3-2-4-16(11-15)23-18(25)12-27-19(26)10-7-14-5-8-17(9-6-14)28-20(21)22/h2-11,20H,12H2,1H3,(H,23,25)/b10-7+. The van der Waals surface area contributed by atoms with Gasteiger partial charge in [0.1, 0.15) is 5.75 Å². The summed E-state index contributed by atoms with van der Waals surface area (Å²) in [6.45, 7) is -2.00. The fourth-order valence-electron chi connectivity index (χ4n) is 2.12. The molecule has 0 atom stereocenters. The zero-order chi connectivity index (χ0) is 20.5. The van der Waals surface area contributed by atoms with Gasteiger partial charge in [-0.05, 0) is 42.8 Å². The van der Waals surface area contributed by atoms with Gasteiger partial charge in [0.15, 0.2) is 12.4 Å². The van der Waals surface area contributed by atoms with Gasteiger partial charge in [0.2, 0.25) is 0 Å². The largest absolute Gasteiger partial charge is 0.452 e. The van der Waals surface area contributed by atoms with Crippen molar-refractivity contribution >= 4 is 29.4 Å². The van der Waals surface area contributed by atoms with Gasteiger partial charge in [-0.25, -0.2) is 4.79 Å². The number of esters is 1. The number of carbonyl (C=O) groups is 3. The Hall–Kier alpha value is -3.55. The molecule has 0 aliphatic rings. The summed E-state index contributed by atoms with van der Waals surface area (Å²) in [6, 6.07) is 12.0. The third-order valence-corrected chi connectivity index (χ3v) is 3.42. The fourth-order valence-corrected chi connectivity index (χ4v) is 2.12. The number of ether oxygens (including phenoxy) is 2. The summed E-state index contributed by atoms with van der Waals surface area (Å²) in [4.78, 5) is 34.8. The topological polar surface area (TPSA) is 81.7 Å². The second kappa shape index (κ2) is 9.96. The van der Waals surface area contributed by atoms with E-state index in [9.17, 15) is 23.2 Å². The number of amides is 1. The summed E-state index contributed by atoms with van der Waals surface area (Å²) in [5.41, 5.74) is 1.42. The molecule has 0 radical (unpaired) electrons. The van der Waals surface area contributed by atoms with Crippen LogP contribution in [0.1, 0.15) is 22.8 Å². The van der Waals surface area contributed by atoms with Crippen molar-refractivity contribution < 1.29 is 32.6 Å². The van der Waals surface area contributed by atoms with Crippen LogP contribution >= 0.6 is 0 Å². The zero-order valence-corrected chi connectivity index (χ0v) is 14.9. The van der Waals surface area contributed by atoms with Crippen molar-refractivity contribution in [3.63, 3.8) is 0 Å². The lowest BCUT2D eigenvalue weighted by Gasteiger charge is -2.06. The summed E-state index contributed by atoms with van der Waals surface area (Å²) >= 11 is 0. The molecule has 0 unspecified atom stereocenters. The average molecular weight is 389 g/mol. The van der Waals surface area contributed by atoms with Crippen LogP contribution in [0.2, 0.25) is 0 Å². The number of carbonyl (C=O) groups excluding carboxylic acids is 3. The Morgan fingerprint density at radius 3 is 2.46 bits per heavy atom. The molecule has 8 heteroatoms. The minimum atomic E-state index is -2.91. The monoisotopic (exact) mass is 389 g/mol. The molecule has 1 amide bonds. The number of ketones is 1. The number of Topliss-reactive ketones (excluding diaryl/α,β-unsaturated/α-hetero) is 1. The van der Waals surface area contributed by atoms with E-state index in [4.69, 9.17) is 4.74 Å². The molecule has 2 aromatic carbocycles. The molecule has 0 aliphatic carbocycles. The summed E-state index contributed by atoms with van der Waals surface area (Å²) in [5, 5.41) is 2.52. The van der Waals surface area contributed by atoms with Crippen molar-refractivity contribution in [3.05, 3.63) is 65.7 Å². The highest BCUT2D eigenvalue weighted by atomic mass is 19.3. The molecule has 146 valence electrons.